The Kier molecular flexibility index (Phi) is 5.53. The fourth-order valence-corrected chi connectivity index (χ4v) is 4.03. The van der Waals surface area contributed by atoms with Crippen LogP contribution in [-0.4, -0.2) is 17.9 Å². The van der Waals surface area contributed by atoms with E-state index in [1.165, 1.54) is 10.4 Å². The smallest absolute Gasteiger partial charge is 0.265 e. The minimum absolute atomic E-state index is 0.120. The molecule has 25 heavy (non-hydrogen) atoms. The highest BCUT2D eigenvalue weighted by Gasteiger charge is 2.25. The fourth-order valence-electron chi connectivity index (χ4n) is 2.78. The minimum atomic E-state index is -0.145. The second-order valence-corrected chi connectivity index (χ2v) is 7.55. The van der Waals surface area contributed by atoms with Gasteiger partial charge in [-0.3, -0.25) is 9.59 Å². The Morgan fingerprint density at radius 1 is 1.16 bits per heavy atom. The molecule has 3 rings (SSSR count). The van der Waals surface area contributed by atoms with Gasteiger partial charge in [-0.25, -0.2) is 0 Å². The summed E-state index contributed by atoms with van der Waals surface area (Å²) < 4.78 is 0. The molecule has 2 N–H and O–H groups in total. The molecule has 1 saturated carbocycles. The van der Waals surface area contributed by atoms with E-state index in [9.17, 15) is 9.59 Å². The summed E-state index contributed by atoms with van der Waals surface area (Å²) in [6.07, 6.45) is 5.07. The predicted molar refractivity (Wildman–Crippen MR) is 103 cm³/mol. The SMILES string of the molecule is CCCc1sc(C(=O)Nc2ccccc2C(=O)NC2CC2)cc1CC. The maximum Gasteiger partial charge on any atom is 0.265 e. The molecule has 0 radical (unpaired) electrons. The van der Waals surface area contributed by atoms with Gasteiger partial charge >= 0.3 is 0 Å². The van der Waals surface area contributed by atoms with E-state index >= 15 is 0 Å². The van der Waals surface area contributed by atoms with Gasteiger partial charge in [0, 0.05) is 10.9 Å². The van der Waals surface area contributed by atoms with Crippen molar-refractivity contribution >= 4 is 28.8 Å². The number of nitrogens with one attached hydrogen (secondary N) is 2. The van der Waals surface area contributed by atoms with Crippen molar-refractivity contribution in [3.8, 4) is 0 Å². The largest absolute Gasteiger partial charge is 0.349 e. The molecule has 4 nitrogen and oxygen atoms in total. The summed E-state index contributed by atoms with van der Waals surface area (Å²) in [4.78, 5) is 27.0. The summed E-state index contributed by atoms with van der Waals surface area (Å²) >= 11 is 1.56. The summed E-state index contributed by atoms with van der Waals surface area (Å²) in [5.41, 5.74) is 2.33. The Morgan fingerprint density at radius 2 is 1.92 bits per heavy atom. The first-order valence-corrected chi connectivity index (χ1v) is 9.76. The predicted octanol–water partition coefficient (Wildman–Crippen LogP) is 4.41. The lowest BCUT2D eigenvalue weighted by atomic mass is 10.1. The van der Waals surface area contributed by atoms with Gasteiger partial charge in [-0.15, -0.1) is 11.3 Å². The first-order chi connectivity index (χ1) is 12.1. The van der Waals surface area contributed by atoms with Gasteiger partial charge in [0.15, 0.2) is 0 Å². The van der Waals surface area contributed by atoms with Crippen molar-refractivity contribution in [1.82, 2.24) is 5.32 Å². The van der Waals surface area contributed by atoms with Crippen LogP contribution in [-0.2, 0) is 12.8 Å². The zero-order chi connectivity index (χ0) is 17.8. The number of aryl methyl sites for hydroxylation is 2. The van der Waals surface area contributed by atoms with Crippen LogP contribution in [0, 0.1) is 0 Å². The average molecular weight is 356 g/mol. The topological polar surface area (TPSA) is 58.2 Å². The van der Waals surface area contributed by atoms with E-state index in [0.717, 1.165) is 32.1 Å². The molecule has 1 aromatic carbocycles. The fraction of sp³-hybridized carbons (Fsp3) is 0.400. The molecule has 0 spiro atoms. The molecule has 2 aromatic rings. The molecule has 132 valence electrons. The van der Waals surface area contributed by atoms with Crippen LogP contribution < -0.4 is 10.6 Å². The normalized spacial score (nSPS) is 13.5. The number of carbonyl (C=O) groups excluding carboxylic acids is 2. The lowest BCUT2D eigenvalue weighted by Gasteiger charge is -2.10. The van der Waals surface area contributed by atoms with Gasteiger partial charge in [0.25, 0.3) is 11.8 Å². The standard InChI is InChI=1S/C20H24N2O2S/c1-3-7-17-13(4-2)12-18(25-17)20(24)22-16-9-6-5-8-15(16)19(23)21-14-10-11-14/h5-6,8-9,12,14H,3-4,7,10-11H2,1-2H3,(H,21,23)(H,22,24). The number of carbonyl (C=O) groups is 2. The second-order valence-electron chi connectivity index (χ2n) is 6.41. The highest BCUT2D eigenvalue weighted by Crippen LogP contribution is 2.26. The van der Waals surface area contributed by atoms with Crippen molar-refractivity contribution in [2.24, 2.45) is 0 Å². The average Bonchev–Trinajstić information content (AvgIpc) is 3.32. The zero-order valence-electron chi connectivity index (χ0n) is 14.7. The van der Waals surface area contributed by atoms with Gasteiger partial charge in [-0.2, -0.15) is 0 Å². The maximum atomic E-state index is 12.7. The molecule has 1 aliphatic rings. The van der Waals surface area contributed by atoms with E-state index in [2.05, 4.69) is 24.5 Å². The molecule has 0 atom stereocenters. The number of benzene rings is 1. The van der Waals surface area contributed by atoms with Crippen molar-refractivity contribution in [2.75, 3.05) is 5.32 Å². The first kappa shape index (κ1) is 17.7. The first-order valence-electron chi connectivity index (χ1n) is 8.95. The highest BCUT2D eigenvalue weighted by atomic mass is 32.1. The van der Waals surface area contributed by atoms with Gasteiger partial charge in [0.05, 0.1) is 16.1 Å². The van der Waals surface area contributed by atoms with Crippen molar-refractivity contribution in [2.45, 2.75) is 52.0 Å². The molecule has 1 aliphatic carbocycles. The zero-order valence-corrected chi connectivity index (χ0v) is 15.5. The third-order valence-electron chi connectivity index (χ3n) is 4.31. The maximum absolute atomic E-state index is 12.7. The van der Waals surface area contributed by atoms with Crippen LogP contribution in [0.4, 0.5) is 5.69 Å². The molecule has 0 unspecified atom stereocenters. The molecular formula is C20H24N2O2S. The van der Waals surface area contributed by atoms with Gasteiger partial charge in [-0.05, 0) is 49.4 Å². The number of rotatable bonds is 7. The quantitative estimate of drug-likeness (QED) is 0.772. The van der Waals surface area contributed by atoms with Crippen LogP contribution >= 0.6 is 11.3 Å². The van der Waals surface area contributed by atoms with E-state index in [4.69, 9.17) is 0 Å². The Morgan fingerprint density at radius 3 is 2.60 bits per heavy atom. The third kappa shape index (κ3) is 4.28. The molecule has 0 bridgehead atoms. The highest BCUT2D eigenvalue weighted by molar-refractivity contribution is 7.14. The third-order valence-corrected chi connectivity index (χ3v) is 5.55. The van der Waals surface area contributed by atoms with Crippen molar-refractivity contribution in [3.63, 3.8) is 0 Å². The summed E-state index contributed by atoms with van der Waals surface area (Å²) in [5.74, 6) is -0.265. The molecule has 2 amide bonds. The number of para-hydroxylation sites is 1. The Labute approximate surface area is 152 Å². The lowest BCUT2D eigenvalue weighted by molar-refractivity contribution is 0.0952. The molecule has 1 heterocycles. The second kappa shape index (κ2) is 7.83. The van der Waals surface area contributed by atoms with E-state index < -0.39 is 0 Å². The van der Waals surface area contributed by atoms with Crippen LogP contribution in [0.3, 0.4) is 0 Å². The summed E-state index contributed by atoms with van der Waals surface area (Å²) in [6.45, 7) is 4.26. The number of hydrogen-bond acceptors (Lipinski definition) is 3. The molecule has 0 aliphatic heterocycles. The van der Waals surface area contributed by atoms with E-state index in [-0.39, 0.29) is 17.9 Å². The minimum Gasteiger partial charge on any atom is -0.349 e. The summed E-state index contributed by atoms with van der Waals surface area (Å²) in [7, 11) is 0. The van der Waals surface area contributed by atoms with Gasteiger partial charge in [0.1, 0.15) is 0 Å². The van der Waals surface area contributed by atoms with Crippen molar-refractivity contribution in [1.29, 1.82) is 0 Å². The van der Waals surface area contributed by atoms with Crippen LogP contribution in [0.25, 0.3) is 0 Å². The van der Waals surface area contributed by atoms with E-state index in [1.807, 2.05) is 18.2 Å². The number of hydrogen-bond donors (Lipinski definition) is 2. The van der Waals surface area contributed by atoms with Crippen LogP contribution in [0.2, 0.25) is 0 Å². The van der Waals surface area contributed by atoms with E-state index in [0.29, 0.717) is 16.1 Å². The number of anilines is 1. The number of thiophene rings is 1. The summed E-state index contributed by atoms with van der Waals surface area (Å²) in [5, 5.41) is 5.89. The van der Waals surface area contributed by atoms with Crippen LogP contribution in [0.5, 0.6) is 0 Å². The number of amides is 2. The van der Waals surface area contributed by atoms with Crippen LogP contribution in [0.15, 0.2) is 30.3 Å². The van der Waals surface area contributed by atoms with Crippen molar-refractivity contribution < 1.29 is 9.59 Å². The lowest BCUT2D eigenvalue weighted by Crippen LogP contribution is -2.26. The van der Waals surface area contributed by atoms with Crippen molar-refractivity contribution in [3.05, 3.63) is 51.2 Å². The van der Waals surface area contributed by atoms with E-state index in [1.54, 1.807) is 23.5 Å². The summed E-state index contributed by atoms with van der Waals surface area (Å²) in [6, 6.07) is 9.45. The molecule has 0 saturated heterocycles. The monoisotopic (exact) mass is 356 g/mol. The van der Waals surface area contributed by atoms with Crippen LogP contribution in [0.1, 0.15) is 63.6 Å². The molecular weight excluding hydrogens is 332 g/mol. The van der Waals surface area contributed by atoms with Gasteiger partial charge < -0.3 is 10.6 Å². The Bertz CT molecular complexity index is 778. The molecule has 1 aromatic heterocycles. The Hall–Kier alpha value is -2.14. The van der Waals surface area contributed by atoms with Gasteiger partial charge in [0.2, 0.25) is 0 Å². The van der Waals surface area contributed by atoms with Gasteiger partial charge in [-0.1, -0.05) is 32.4 Å². The molecule has 1 fully saturated rings. The Balaban J connectivity index is 1.77. The molecule has 5 heteroatoms.